The molecule has 5 rings (SSSR count). The molecule has 0 radical (unpaired) electrons. The Morgan fingerprint density at radius 3 is 2.52 bits per heavy atom. The molecule has 0 saturated carbocycles. The first kappa shape index (κ1) is 23.4. The topological polar surface area (TPSA) is 50.1 Å². The number of carbonyl (C=O) groups is 1. The van der Waals surface area contributed by atoms with Gasteiger partial charge in [0, 0.05) is 24.1 Å². The quantitative estimate of drug-likeness (QED) is 0.573. The molecule has 0 bridgehead atoms. The number of amides is 1. The van der Waals surface area contributed by atoms with E-state index in [9.17, 15) is 4.79 Å². The summed E-state index contributed by atoms with van der Waals surface area (Å²) in [6.45, 7) is 5.37. The van der Waals surface area contributed by atoms with Gasteiger partial charge in [-0.25, -0.2) is 9.78 Å². The van der Waals surface area contributed by atoms with Gasteiger partial charge < -0.3 is 26.9 Å². The average Bonchev–Trinajstić information content (AvgIpc) is 2.84. The first-order chi connectivity index (χ1) is 15.8. The third-order valence-electron chi connectivity index (χ3n) is 5.97. The number of hydrogen-bond donors (Lipinski definition) is 1. The molecule has 0 atom stereocenters. The zero-order valence-electron chi connectivity index (χ0n) is 18.3. The van der Waals surface area contributed by atoms with Crippen molar-refractivity contribution in [2.75, 3.05) is 44.2 Å². The molecule has 2 aromatic carbocycles. The molecule has 2 aliphatic heterocycles. The number of benzene rings is 2. The Morgan fingerprint density at radius 1 is 0.970 bits per heavy atom. The van der Waals surface area contributed by atoms with Crippen LogP contribution in [-0.4, -0.2) is 55.2 Å². The van der Waals surface area contributed by atoms with Crippen LogP contribution < -0.4 is 26.9 Å². The Morgan fingerprint density at radius 2 is 1.70 bits per heavy atom. The van der Waals surface area contributed by atoms with E-state index in [-0.39, 0.29) is 18.5 Å². The normalized spacial score (nSPS) is 15.3. The monoisotopic (exact) mass is 482 g/mol. The lowest BCUT2D eigenvalue weighted by atomic mass is 10.2. The predicted molar refractivity (Wildman–Crippen MR) is 126 cm³/mol. The van der Waals surface area contributed by atoms with Crippen LogP contribution in [0.2, 0.25) is 0 Å². The van der Waals surface area contributed by atoms with Gasteiger partial charge in [0.2, 0.25) is 0 Å². The second-order valence-electron chi connectivity index (χ2n) is 8.07. The molecule has 3 aromatic rings. The Labute approximate surface area is 205 Å². The highest BCUT2D eigenvalue weighted by atomic mass is 35.5. The third-order valence-corrected chi connectivity index (χ3v) is 7.08. The second kappa shape index (κ2) is 10.9. The summed E-state index contributed by atoms with van der Waals surface area (Å²) in [4.78, 5) is 25.3. The number of para-hydroxylation sites is 2. The number of halogens is 1. The zero-order valence-corrected chi connectivity index (χ0v) is 19.9. The van der Waals surface area contributed by atoms with E-state index in [4.69, 9.17) is 4.74 Å². The number of carbonyl (C=O) groups excluding carboxylic acids is 1. The van der Waals surface area contributed by atoms with Crippen LogP contribution >= 0.6 is 11.8 Å². The molecule has 1 saturated heterocycles. The summed E-state index contributed by atoms with van der Waals surface area (Å²) in [6, 6.07) is 22.0. The van der Waals surface area contributed by atoms with E-state index in [1.54, 1.807) is 11.8 Å². The van der Waals surface area contributed by atoms with Gasteiger partial charge in [-0.1, -0.05) is 42.1 Å². The lowest BCUT2D eigenvalue weighted by molar-refractivity contribution is -0.904. The molecule has 3 heterocycles. The van der Waals surface area contributed by atoms with E-state index in [1.165, 1.54) is 20.4 Å². The molecular weight excluding hydrogens is 456 g/mol. The molecule has 33 heavy (non-hydrogen) atoms. The number of pyridine rings is 1. The van der Waals surface area contributed by atoms with E-state index in [1.807, 2.05) is 47.5 Å². The van der Waals surface area contributed by atoms with Crippen molar-refractivity contribution < 1.29 is 26.8 Å². The molecule has 2 aliphatic rings. The van der Waals surface area contributed by atoms with Gasteiger partial charge in [-0.05, 0) is 36.4 Å². The first-order valence-electron chi connectivity index (χ1n) is 11.1. The Balaban J connectivity index is 0.00000259. The van der Waals surface area contributed by atoms with E-state index >= 15 is 0 Å². The molecule has 1 amide bonds. The standard InChI is InChI=1S/C25H26N4O2S.ClH/c30-25(31-20-8-2-1-3-9-20)28-18-16-27(17-19-28)14-7-15-29-21-10-4-5-11-22(21)32-23-12-6-13-26-24(23)29;/h1-6,8-13H,7,14-19H2;1H. The van der Waals surface area contributed by atoms with Gasteiger partial charge >= 0.3 is 6.09 Å². The molecule has 0 unspecified atom stereocenters. The van der Waals surface area contributed by atoms with Crippen LogP contribution in [0.3, 0.4) is 0 Å². The molecular formula is C25H27ClN4O2S. The van der Waals surface area contributed by atoms with Crippen LogP contribution in [0, 0.1) is 0 Å². The number of nitrogens with zero attached hydrogens (tertiary/aromatic N) is 3. The highest BCUT2D eigenvalue weighted by Crippen LogP contribution is 2.46. The molecule has 1 N–H and O–H groups in total. The second-order valence-corrected chi connectivity index (χ2v) is 9.15. The fourth-order valence-electron chi connectivity index (χ4n) is 4.29. The maximum atomic E-state index is 12.4. The van der Waals surface area contributed by atoms with Gasteiger partial charge in [0.1, 0.15) is 11.6 Å². The first-order valence-corrected chi connectivity index (χ1v) is 11.9. The number of piperazine rings is 1. The Kier molecular flexibility index (Phi) is 7.75. The molecule has 0 aliphatic carbocycles. The van der Waals surface area contributed by atoms with Crippen molar-refractivity contribution in [3.8, 4) is 5.75 Å². The summed E-state index contributed by atoms with van der Waals surface area (Å²) in [5.41, 5.74) is 1.24. The van der Waals surface area contributed by atoms with Crippen LogP contribution in [0.25, 0.3) is 0 Å². The summed E-state index contributed by atoms with van der Waals surface area (Å²) < 4.78 is 5.48. The van der Waals surface area contributed by atoms with Gasteiger partial charge in [0.25, 0.3) is 0 Å². The zero-order chi connectivity index (χ0) is 21.8. The summed E-state index contributed by atoms with van der Waals surface area (Å²) in [5, 5.41) is 0. The third kappa shape index (κ3) is 5.43. The number of ether oxygens (including phenoxy) is 1. The molecule has 1 aromatic heterocycles. The number of aromatic nitrogens is 1. The number of quaternary nitrogens is 1. The smallest absolute Gasteiger partial charge is 0.415 e. The van der Waals surface area contributed by atoms with Gasteiger partial charge in [-0.3, -0.25) is 4.90 Å². The van der Waals surface area contributed by atoms with Gasteiger partial charge in [-0.2, -0.15) is 0 Å². The van der Waals surface area contributed by atoms with Crippen LogP contribution in [-0.2, 0) is 0 Å². The molecule has 8 heteroatoms. The summed E-state index contributed by atoms with van der Waals surface area (Å²) >= 11 is 1.79. The molecule has 1 fully saturated rings. The summed E-state index contributed by atoms with van der Waals surface area (Å²) in [5.74, 6) is 1.65. The number of nitrogens with one attached hydrogen (secondary N) is 1. The lowest BCUT2D eigenvalue weighted by Crippen LogP contribution is -3.14. The Bertz CT molecular complexity index is 1030. The van der Waals surface area contributed by atoms with Crippen LogP contribution in [0.1, 0.15) is 6.42 Å². The van der Waals surface area contributed by atoms with Crippen molar-refractivity contribution in [2.45, 2.75) is 16.2 Å². The van der Waals surface area contributed by atoms with E-state index < -0.39 is 0 Å². The van der Waals surface area contributed by atoms with Crippen molar-refractivity contribution >= 4 is 29.4 Å². The number of hydrogen-bond acceptors (Lipinski definition) is 5. The van der Waals surface area contributed by atoms with Crippen LogP contribution in [0.4, 0.5) is 16.3 Å². The predicted octanol–water partition coefficient (Wildman–Crippen LogP) is 0.478. The maximum Gasteiger partial charge on any atom is 0.415 e. The molecule has 6 nitrogen and oxygen atoms in total. The van der Waals surface area contributed by atoms with Crippen molar-refractivity contribution in [1.29, 1.82) is 0 Å². The SMILES string of the molecule is O=C(Oc1ccccc1)N1CC[NH+](CCCN2c3ccccc3Sc3cccnc32)CC1.[Cl-]. The van der Waals surface area contributed by atoms with Crippen molar-refractivity contribution in [1.82, 2.24) is 9.88 Å². The lowest BCUT2D eigenvalue weighted by Gasteiger charge is -2.33. The van der Waals surface area contributed by atoms with Crippen molar-refractivity contribution in [3.05, 3.63) is 72.9 Å². The molecule has 172 valence electrons. The largest absolute Gasteiger partial charge is 1.00 e. The van der Waals surface area contributed by atoms with Gasteiger partial charge in [-0.15, -0.1) is 0 Å². The van der Waals surface area contributed by atoms with E-state index in [2.05, 4.69) is 40.2 Å². The van der Waals surface area contributed by atoms with E-state index in [0.29, 0.717) is 5.75 Å². The summed E-state index contributed by atoms with van der Waals surface area (Å²) in [7, 11) is 0. The number of anilines is 2. The summed E-state index contributed by atoms with van der Waals surface area (Å²) in [6.07, 6.45) is 2.69. The van der Waals surface area contributed by atoms with Crippen LogP contribution in [0.5, 0.6) is 5.75 Å². The fraction of sp³-hybridized carbons (Fsp3) is 0.280. The van der Waals surface area contributed by atoms with Gasteiger partial charge in [0.05, 0.1) is 43.3 Å². The molecule has 0 spiro atoms. The van der Waals surface area contributed by atoms with Gasteiger partial charge in [0.15, 0.2) is 0 Å². The fourth-order valence-corrected chi connectivity index (χ4v) is 5.35. The maximum absolute atomic E-state index is 12.4. The Hall–Kier alpha value is -2.74. The van der Waals surface area contributed by atoms with Crippen molar-refractivity contribution in [3.63, 3.8) is 0 Å². The highest BCUT2D eigenvalue weighted by molar-refractivity contribution is 7.99. The highest BCUT2D eigenvalue weighted by Gasteiger charge is 2.27. The van der Waals surface area contributed by atoms with Crippen molar-refractivity contribution in [2.24, 2.45) is 0 Å². The minimum Gasteiger partial charge on any atom is -1.00 e. The van der Waals surface area contributed by atoms with E-state index in [0.717, 1.165) is 51.5 Å². The number of rotatable bonds is 5. The minimum atomic E-state index is -0.250. The number of fused-ring (bicyclic) bond motifs is 2. The minimum absolute atomic E-state index is 0. The average molecular weight is 483 g/mol. The van der Waals surface area contributed by atoms with Crippen LogP contribution in [0.15, 0.2) is 82.7 Å².